The molecule has 2 atom stereocenters. The summed E-state index contributed by atoms with van der Waals surface area (Å²) in [6.07, 6.45) is 9.39. The molecule has 4 aromatic carbocycles. The Kier molecular flexibility index (Phi) is 8.76. The van der Waals surface area contributed by atoms with E-state index in [-0.39, 0.29) is 11.8 Å². The zero-order valence-corrected chi connectivity index (χ0v) is 30.7. The molecule has 0 amide bonds. The average Bonchev–Trinajstić information content (AvgIpc) is 3.28. The van der Waals surface area contributed by atoms with Crippen LogP contribution in [-0.4, -0.2) is 29.9 Å². The van der Waals surface area contributed by atoms with Crippen LogP contribution in [0.3, 0.4) is 0 Å². The molecule has 10 rings (SSSR count). The van der Waals surface area contributed by atoms with Crippen LogP contribution in [0.5, 0.6) is 0 Å². The van der Waals surface area contributed by atoms with E-state index in [1.807, 2.05) is 36.8 Å². The van der Waals surface area contributed by atoms with Gasteiger partial charge in [-0.05, 0) is 76.1 Å². The van der Waals surface area contributed by atoms with Gasteiger partial charge in [0.15, 0.2) is 0 Å². The Morgan fingerprint density at radius 1 is 0.500 bits per heavy atom. The second-order valence-electron chi connectivity index (χ2n) is 14.4. The van der Waals surface area contributed by atoms with Crippen molar-refractivity contribution in [3.8, 4) is 33.8 Å². The number of hydrogen-bond acceptors (Lipinski definition) is 8. The highest BCUT2D eigenvalue weighted by Gasteiger charge is 2.29. The lowest BCUT2D eigenvalue weighted by Gasteiger charge is -2.28. The van der Waals surface area contributed by atoms with E-state index in [1.165, 1.54) is 33.4 Å². The second-order valence-corrected chi connectivity index (χ2v) is 14.4. The minimum absolute atomic E-state index is 0.172. The van der Waals surface area contributed by atoms with Crippen LogP contribution in [0.25, 0.3) is 33.8 Å². The van der Waals surface area contributed by atoms with Gasteiger partial charge in [-0.2, -0.15) is 0 Å². The number of hydrogen-bond donors (Lipinski definition) is 2. The number of pyridine rings is 2. The molecule has 2 unspecified atom stereocenters. The summed E-state index contributed by atoms with van der Waals surface area (Å²) in [6.45, 7) is 1.14. The highest BCUT2D eigenvalue weighted by Crippen LogP contribution is 2.43. The molecule has 0 saturated carbocycles. The largest absolute Gasteiger partial charge is 0.350 e. The van der Waals surface area contributed by atoms with Gasteiger partial charge in [0.1, 0.15) is 0 Å². The van der Waals surface area contributed by atoms with Crippen LogP contribution >= 0.6 is 0 Å². The monoisotopic (exact) mass is 726 g/mol. The molecule has 2 aliphatic carbocycles. The first-order valence-corrected chi connectivity index (χ1v) is 19.1. The molecule has 270 valence electrons. The zero-order chi connectivity index (χ0) is 37.3. The molecule has 0 aliphatic heterocycles. The number of rotatable bonds is 9. The third-order valence-electron chi connectivity index (χ3n) is 11.0. The van der Waals surface area contributed by atoms with Crippen molar-refractivity contribution in [3.05, 3.63) is 203 Å². The molecule has 0 bridgehead atoms. The van der Waals surface area contributed by atoms with E-state index in [2.05, 4.69) is 136 Å². The summed E-state index contributed by atoms with van der Waals surface area (Å²) in [6, 6.07) is 46.8. The van der Waals surface area contributed by atoms with Crippen LogP contribution < -0.4 is 10.6 Å². The number of nitrogens with zero attached hydrogens (tertiary/aromatic N) is 6. The number of anilines is 2. The lowest BCUT2D eigenvalue weighted by Crippen LogP contribution is -2.15. The van der Waals surface area contributed by atoms with Crippen molar-refractivity contribution in [1.29, 1.82) is 0 Å². The van der Waals surface area contributed by atoms with Crippen molar-refractivity contribution in [3.63, 3.8) is 0 Å². The van der Waals surface area contributed by atoms with Gasteiger partial charge in [-0.15, -0.1) is 0 Å². The molecule has 4 heterocycles. The van der Waals surface area contributed by atoms with Crippen molar-refractivity contribution in [2.75, 3.05) is 10.6 Å². The van der Waals surface area contributed by atoms with Crippen LogP contribution in [-0.2, 0) is 25.9 Å². The SMILES string of the molecule is c1ccc(C2Cc3cnc(NCc4ccc(-c5cccc(C6Cc7cnc(NCc8ccccn8)nc7-c7ccccc76)c5)nc4)nc3-c3ccccc32)cc1. The Labute approximate surface area is 325 Å². The molecule has 8 nitrogen and oxygen atoms in total. The molecule has 0 fully saturated rings. The van der Waals surface area contributed by atoms with Gasteiger partial charge in [0.05, 0.1) is 29.3 Å². The molecule has 2 aliphatic rings. The first-order valence-electron chi connectivity index (χ1n) is 19.1. The summed E-state index contributed by atoms with van der Waals surface area (Å²) < 4.78 is 0. The standard InChI is InChI=1S/C48H38N8/c1-2-11-32(12-3-1)42-24-35-28-52-47(55-45(35)40-18-6-4-16-38(40)42)51-27-31-20-21-44(50-26-31)34-14-10-13-33(23-34)43-25-36-29-53-48(54-30-37-15-8-9-22-49-37)56-46(36)41-19-7-5-17-39(41)43/h1-23,26,28-29,42-43H,24-25,27,30H2,(H,51,52,55)(H,53,54,56). The van der Waals surface area contributed by atoms with Crippen LogP contribution in [0.1, 0.15) is 56.5 Å². The summed E-state index contributed by atoms with van der Waals surface area (Å²) >= 11 is 0. The first-order chi connectivity index (χ1) is 27.7. The Morgan fingerprint density at radius 3 is 1.79 bits per heavy atom. The summed E-state index contributed by atoms with van der Waals surface area (Å²) in [4.78, 5) is 28.7. The van der Waals surface area contributed by atoms with Crippen LogP contribution in [0.4, 0.5) is 11.9 Å². The van der Waals surface area contributed by atoms with Crippen LogP contribution in [0.15, 0.2) is 158 Å². The van der Waals surface area contributed by atoms with E-state index in [0.29, 0.717) is 25.0 Å². The molecule has 0 radical (unpaired) electrons. The van der Waals surface area contributed by atoms with Crippen molar-refractivity contribution in [2.45, 2.75) is 37.8 Å². The van der Waals surface area contributed by atoms with Gasteiger partial charge < -0.3 is 10.6 Å². The van der Waals surface area contributed by atoms with E-state index in [1.54, 1.807) is 6.20 Å². The first kappa shape index (κ1) is 33.5. The minimum Gasteiger partial charge on any atom is -0.350 e. The Hall–Kier alpha value is -7.06. The fourth-order valence-electron chi connectivity index (χ4n) is 8.19. The summed E-state index contributed by atoms with van der Waals surface area (Å²) in [5, 5.41) is 6.80. The minimum atomic E-state index is 0.172. The topological polar surface area (TPSA) is 101 Å². The van der Waals surface area contributed by atoms with Crippen LogP contribution in [0, 0.1) is 0 Å². The summed E-state index contributed by atoms with van der Waals surface area (Å²) in [5.41, 5.74) is 15.8. The predicted molar refractivity (Wildman–Crippen MR) is 221 cm³/mol. The van der Waals surface area contributed by atoms with Gasteiger partial charge in [-0.25, -0.2) is 19.9 Å². The number of fused-ring (bicyclic) bond motifs is 6. The van der Waals surface area contributed by atoms with Gasteiger partial charge in [0.25, 0.3) is 0 Å². The normalized spacial score (nSPS) is 15.1. The Bertz CT molecular complexity index is 2660. The second kappa shape index (κ2) is 14.6. The van der Waals surface area contributed by atoms with E-state index < -0.39 is 0 Å². The molecule has 56 heavy (non-hydrogen) atoms. The average molecular weight is 727 g/mol. The molecule has 0 spiro atoms. The maximum Gasteiger partial charge on any atom is 0.223 e. The maximum atomic E-state index is 5.02. The fourth-order valence-corrected chi connectivity index (χ4v) is 8.19. The summed E-state index contributed by atoms with van der Waals surface area (Å²) in [7, 11) is 0. The predicted octanol–water partition coefficient (Wildman–Crippen LogP) is 9.66. The lowest BCUT2D eigenvalue weighted by molar-refractivity contribution is 0.781. The van der Waals surface area contributed by atoms with E-state index in [0.717, 1.165) is 57.9 Å². The van der Waals surface area contributed by atoms with Gasteiger partial charge in [-0.1, -0.05) is 109 Å². The van der Waals surface area contributed by atoms with Crippen molar-refractivity contribution >= 4 is 11.9 Å². The van der Waals surface area contributed by atoms with Gasteiger partial charge in [0.2, 0.25) is 11.9 Å². The Balaban J connectivity index is 0.841. The van der Waals surface area contributed by atoms with E-state index in [9.17, 15) is 0 Å². The molecule has 8 aromatic rings. The highest BCUT2D eigenvalue weighted by atomic mass is 15.1. The highest BCUT2D eigenvalue weighted by molar-refractivity contribution is 5.74. The fraction of sp³-hybridized carbons (Fsp3) is 0.125. The quantitative estimate of drug-likeness (QED) is 0.152. The third kappa shape index (κ3) is 6.55. The number of aromatic nitrogens is 6. The number of nitrogens with one attached hydrogen (secondary N) is 2. The zero-order valence-electron chi connectivity index (χ0n) is 30.7. The maximum absolute atomic E-state index is 5.02. The molecule has 0 saturated heterocycles. The third-order valence-corrected chi connectivity index (χ3v) is 11.0. The van der Waals surface area contributed by atoms with Gasteiger partial charge in [0, 0.05) is 59.9 Å². The van der Waals surface area contributed by atoms with E-state index in [4.69, 9.17) is 19.9 Å². The molecule has 8 heteroatoms. The van der Waals surface area contributed by atoms with E-state index >= 15 is 0 Å². The molecule has 4 aromatic heterocycles. The van der Waals surface area contributed by atoms with Crippen LogP contribution in [0.2, 0.25) is 0 Å². The van der Waals surface area contributed by atoms with Gasteiger partial charge in [-0.3, -0.25) is 9.97 Å². The molecule has 2 N–H and O–H groups in total. The summed E-state index contributed by atoms with van der Waals surface area (Å²) in [5.74, 6) is 1.68. The Morgan fingerprint density at radius 2 is 1.12 bits per heavy atom. The molecular weight excluding hydrogens is 689 g/mol. The van der Waals surface area contributed by atoms with Gasteiger partial charge >= 0.3 is 0 Å². The van der Waals surface area contributed by atoms with Crippen molar-refractivity contribution in [2.24, 2.45) is 0 Å². The number of benzene rings is 4. The van der Waals surface area contributed by atoms with Crippen molar-refractivity contribution in [1.82, 2.24) is 29.9 Å². The lowest BCUT2D eigenvalue weighted by atomic mass is 9.77. The van der Waals surface area contributed by atoms with Crippen molar-refractivity contribution < 1.29 is 0 Å². The smallest absolute Gasteiger partial charge is 0.223 e. The molecular formula is C48H38N8.